The van der Waals surface area contributed by atoms with Gasteiger partial charge in [-0.25, -0.2) is 8.78 Å². The maximum atomic E-state index is 13.5. The number of rotatable bonds is 6. The summed E-state index contributed by atoms with van der Waals surface area (Å²) in [7, 11) is 1.72. The quantitative estimate of drug-likeness (QED) is 0.467. The molecule has 0 aliphatic carbocycles. The fourth-order valence-electron chi connectivity index (χ4n) is 2.91. The molecule has 2 N–H and O–H groups in total. The number of nitrogens with one attached hydrogen (secondary N) is 2. The van der Waals surface area contributed by atoms with E-state index in [1.165, 1.54) is 12.1 Å². The van der Waals surface area contributed by atoms with Crippen LogP contribution in [-0.4, -0.2) is 56.2 Å². The van der Waals surface area contributed by atoms with Crippen LogP contribution in [0.1, 0.15) is 20.8 Å². The van der Waals surface area contributed by atoms with Crippen LogP contribution in [0.25, 0.3) is 0 Å². The van der Waals surface area contributed by atoms with Gasteiger partial charge in [-0.2, -0.15) is 0 Å². The fraction of sp³-hybridized carbons (Fsp3) is 0.611. The first kappa shape index (κ1) is 19.4. The predicted octanol–water partition coefficient (Wildman–Crippen LogP) is 2.24. The molecular weight excluding hydrogens is 326 g/mol. The molecule has 1 aliphatic rings. The zero-order chi connectivity index (χ0) is 18.4. The van der Waals surface area contributed by atoms with Crippen molar-refractivity contribution in [3.8, 4) is 5.75 Å². The lowest BCUT2D eigenvalue weighted by molar-refractivity contribution is 0.265. The molecule has 0 aromatic heterocycles. The van der Waals surface area contributed by atoms with Crippen molar-refractivity contribution in [3.63, 3.8) is 0 Å². The number of benzene rings is 1. The minimum absolute atomic E-state index is 0.0446. The highest BCUT2D eigenvalue weighted by Crippen LogP contribution is 2.19. The van der Waals surface area contributed by atoms with E-state index in [2.05, 4.69) is 41.3 Å². The first-order valence-corrected chi connectivity index (χ1v) is 8.69. The highest BCUT2D eigenvalue weighted by Gasteiger charge is 2.31. The molecule has 0 bridgehead atoms. The number of hydrogen-bond donors (Lipinski definition) is 2. The lowest BCUT2D eigenvalue weighted by atomic mass is 10.1. The lowest BCUT2D eigenvalue weighted by Gasteiger charge is -2.22. The molecule has 140 valence electrons. The number of aliphatic imine (C=N–C) groups is 1. The van der Waals surface area contributed by atoms with Crippen molar-refractivity contribution in [3.05, 3.63) is 29.8 Å². The van der Waals surface area contributed by atoms with Gasteiger partial charge < -0.3 is 15.4 Å². The first-order chi connectivity index (χ1) is 11.9. The van der Waals surface area contributed by atoms with Crippen LogP contribution in [-0.2, 0) is 0 Å². The average Bonchev–Trinajstić information content (AvgIpc) is 2.93. The summed E-state index contributed by atoms with van der Waals surface area (Å²) >= 11 is 0. The van der Waals surface area contributed by atoms with E-state index in [4.69, 9.17) is 4.74 Å². The second-order valence-corrected chi connectivity index (χ2v) is 6.70. The van der Waals surface area contributed by atoms with E-state index in [0.717, 1.165) is 19.2 Å². The molecule has 5 nitrogen and oxygen atoms in total. The number of halogens is 2. The third kappa shape index (κ3) is 5.56. The van der Waals surface area contributed by atoms with Crippen LogP contribution < -0.4 is 15.4 Å². The summed E-state index contributed by atoms with van der Waals surface area (Å²) in [6.07, 6.45) is 0. The van der Waals surface area contributed by atoms with Gasteiger partial charge in [0.1, 0.15) is 12.4 Å². The summed E-state index contributed by atoms with van der Waals surface area (Å²) in [6, 6.07) is 4.14. The monoisotopic (exact) mass is 354 g/mol. The van der Waals surface area contributed by atoms with Gasteiger partial charge in [-0.3, -0.25) is 9.89 Å². The number of guanidine groups is 1. The number of likely N-dealkylation sites (tertiary alicyclic amines) is 1. The van der Waals surface area contributed by atoms with Crippen molar-refractivity contribution >= 4 is 5.96 Å². The van der Waals surface area contributed by atoms with E-state index < -0.39 is 11.6 Å². The predicted molar refractivity (Wildman–Crippen MR) is 96.0 cm³/mol. The molecule has 25 heavy (non-hydrogen) atoms. The molecule has 7 heteroatoms. The fourth-order valence-corrected chi connectivity index (χ4v) is 2.91. The Kier molecular flexibility index (Phi) is 6.99. The van der Waals surface area contributed by atoms with Gasteiger partial charge in [-0.15, -0.1) is 0 Å². The Morgan fingerprint density at radius 1 is 1.36 bits per heavy atom. The van der Waals surface area contributed by atoms with E-state index in [9.17, 15) is 8.78 Å². The summed E-state index contributed by atoms with van der Waals surface area (Å²) in [6.45, 7) is 9.40. The molecule has 1 heterocycles. The molecule has 1 aromatic carbocycles. The Balaban J connectivity index is 1.75. The Morgan fingerprint density at radius 2 is 2.12 bits per heavy atom. The highest BCUT2D eigenvalue weighted by atomic mass is 19.1. The SMILES string of the molecule is CN=C(NCCOc1ccc(F)cc1F)NC1CN(C(C)C)CC1C. The molecule has 2 rings (SSSR count). The second-order valence-electron chi connectivity index (χ2n) is 6.70. The number of hydrogen-bond acceptors (Lipinski definition) is 3. The maximum Gasteiger partial charge on any atom is 0.191 e. The molecule has 1 aromatic rings. The van der Waals surface area contributed by atoms with Gasteiger partial charge >= 0.3 is 0 Å². The topological polar surface area (TPSA) is 48.9 Å². The Morgan fingerprint density at radius 3 is 2.72 bits per heavy atom. The molecule has 2 atom stereocenters. The van der Waals surface area contributed by atoms with Crippen LogP contribution in [0, 0.1) is 17.6 Å². The third-order valence-corrected chi connectivity index (χ3v) is 4.46. The smallest absolute Gasteiger partial charge is 0.191 e. The summed E-state index contributed by atoms with van der Waals surface area (Å²) in [5.74, 6) is -0.0379. The van der Waals surface area contributed by atoms with E-state index in [1.54, 1.807) is 7.05 Å². The van der Waals surface area contributed by atoms with Gasteiger partial charge in [0.15, 0.2) is 17.5 Å². The molecule has 0 amide bonds. The van der Waals surface area contributed by atoms with Crippen LogP contribution in [0.3, 0.4) is 0 Å². The van der Waals surface area contributed by atoms with Crippen LogP contribution >= 0.6 is 0 Å². The Labute approximate surface area is 148 Å². The minimum atomic E-state index is -0.698. The summed E-state index contributed by atoms with van der Waals surface area (Å²) in [5, 5.41) is 6.60. The molecule has 1 saturated heterocycles. The standard InChI is InChI=1S/C18H28F2N4O/c1-12(2)24-10-13(3)16(11-24)23-18(21-4)22-7-8-25-17-6-5-14(19)9-15(17)20/h5-6,9,12-13,16H,7-8,10-11H2,1-4H3,(H2,21,22,23). The van der Waals surface area contributed by atoms with Crippen molar-refractivity contribution in [1.82, 2.24) is 15.5 Å². The molecule has 1 aliphatic heterocycles. The van der Waals surface area contributed by atoms with Gasteiger partial charge in [0, 0.05) is 38.3 Å². The molecule has 0 spiro atoms. The van der Waals surface area contributed by atoms with Crippen LogP contribution in [0.4, 0.5) is 8.78 Å². The third-order valence-electron chi connectivity index (χ3n) is 4.46. The van der Waals surface area contributed by atoms with E-state index in [-0.39, 0.29) is 12.4 Å². The summed E-state index contributed by atoms with van der Waals surface area (Å²) in [5.41, 5.74) is 0. The van der Waals surface area contributed by atoms with E-state index >= 15 is 0 Å². The van der Waals surface area contributed by atoms with Gasteiger partial charge in [-0.05, 0) is 31.9 Å². The van der Waals surface area contributed by atoms with Crippen molar-refractivity contribution < 1.29 is 13.5 Å². The first-order valence-electron chi connectivity index (χ1n) is 8.69. The Bertz CT molecular complexity index is 594. The molecule has 0 saturated carbocycles. The van der Waals surface area contributed by atoms with E-state index in [0.29, 0.717) is 30.5 Å². The number of ether oxygens (including phenoxy) is 1. The molecular formula is C18H28F2N4O. The van der Waals surface area contributed by atoms with Crippen molar-refractivity contribution in [2.45, 2.75) is 32.9 Å². The highest BCUT2D eigenvalue weighted by molar-refractivity contribution is 5.80. The van der Waals surface area contributed by atoms with Gasteiger partial charge in [0.05, 0.1) is 6.54 Å². The Hall–Kier alpha value is -1.89. The van der Waals surface area contributed by atoms with E-state index in [1.807, 2.05) is 0 Å². The van der Waals surface area contributed by atoms with Gasteiger partial charge in [0.2, 0.25) is 0 Å². The van der Waals surface area contributed by atoms with Crippen molar-refractivity contribution in [2.24, 2.45) is 10.9 Å². The largest absolute Gasteiger partial charge is 0.489 e. The van der Waals surface area contributed by atoms with Gasteiger partial charge in [-0.1, -0.05) is 6.92 Å². The van der Waals surface area contributed by atoms with Crippen molar-refractivity contribution in [1.29, 1.82) is 0 Å². The van der Waals surface area contributed by atoms with Crippen LogP contribution in [0.2, 0.25) is 0 Å². The minimum Gasteiger partial charge on any atom is -0.489 e. The van der Waals surface area contributed by atoms with Crippen LogP contribution in [0.5, 0.6) is 5.75 Å². The molecule has 1 fully saturated rings. The second kappa shape index (κ2) is 8.99. The van der Waals surface area contributed by atoms with Crippen LogP contribution in [0.15, 0.2) is 23.2 Å². The van der Waals surface area contributed by atoms with Crippen molar-refractivity contribution in [2.75, 3.05) is 33.3 Å². The normalized spacial score (nSPS) is 21.6. The summed E-state index contributed by atoms with van der Waals surface area (Å²) < 4.78 is 31.7. The lowest BCUT2D eigenvalue weighted by Crippen LogP contribution is -2.47. The average molecular weight is 354 g/mol. The maximum absolute atomic E-state index is 13.5. The summed E-state index contributed by atoms with van der Waals surface area (Å²) in [4.78, 5) is 6.67. The zero-order valence-corrected chi connectivity index (χ0v) is 15.4. The molecule has 0 radical (unpaired) electrons. The number of nitrogens with zero attached hydrogens (tertiary/aromatic N) is 2. The molecule has 2 unspecified atom stereocenters. The van der Waals surface area contributed by atoms with Gasteiger partial charge in [0.25, 0.3) is 0 Å². The zero-order valence-electron chi connectivity index (χ0n) is 15.4.